The number of carbonyl (C=O) groups excluding carboxylic acids is 2. The van der Waals surface area contributed by atoms with Crippen LogP contribution in [0.25, 0.3) is 0 Å². The van der Waals surface area contributed by atoms with Crippen molar-refractivity contribution in [3.8, 4) is 0 Å². The minimum absolute atomic E-state index is 0.0971. The Morgan fingerprint density at radius 1 is 0.893 bits per heavy atom. The summed E-state index contributed by atoms with van der Waals surface area (Å²) in [5.41, 5.74) is 0.542. The molecule has 0 saturated carbocycles. The highest BCUT2D eigenvalue weighted by Gasteiger charge is 2.32. The number of benzene rings is 1. The molecule has 1 rings (SSSR count). The van der Waals surface area contributed by atoms with Crippen LogP contribution in [0.2, 0.25) is 0 Å². The molecule has 0 aromatic heterocycles. The lowest BCUT2D eigenvalue weighted by atomic mass is 10.00. The first-order valence-corrected chi connectivity index (χ1v) is 11.1. The minimum atomic E-state index is -1.01. The molecule has 0 spiro atoms. The van der Waals surface area contributed by atoms with E-state index < -0.39 is 6.10 Å². The van der Waals surface area contributed by atoms with Crippen LogP contribution in [0.4, 0.5) is 0 Å². The lowest BCUT2D eigenvalue weighted by Gasteiger charge is -2.33. The monoisotopic (exact) mass is 389 g/mol. The predicted octanol–water partition coefficient (Wildman–Crippen LogP) is 5.65. The fraction of sp³-hybridized carbons (Fsp3) is 0.667. The van der Waals surface area contributed by atoms with Crippen LogP contribution in [0.15, 0.2) is 30.3 Å². The second-order valence-corrected chi connectivity index (χ2v) is 7.42. The van der Waals surface area contributed by atoms with Crippen LogP contribution in [-0.4, -0.2) is 41.9 Å². The number of carbonyl (C=O) groups is 2. The fourth-order valence-corrected chi connectivity index (χ4v) is 3.24. The lowest BCUT2D eigenvalue weighted by Crippen LogP contribution is -2.45. The Balaban J connectivity index is 3.02. The number of hydrogen-bond acceptors (Lipinski definition) is 4. The topological polar surface area (TPSA) is 46.6 Å². The summed E-state index contributed by atoms with van der Waals surface area (Å²) in [7, 11) is 0. The van der Waals surface area contributed by atoms with Crippen molar-refractivity contribution in [2.75, 3.05) is 13.1 Å². The molecule has 0 aliphatic rings. The van der Waals surface area contributed by atoms with E-state index in [1.807, 2.05) is 25.1 Å². The number of ketones is 2. The Morgan fingerprint density at radius 2 is 1.46 bits per heavy atom. The van der Waals surface area contributed by atoms with Gasteiger partial charge in [-0.1, -0.05) is 77.3 Å². The van der Waals surface area contributed by atoms with Crippen molar-refractivity contribution in [1.29, 1.82) is 0 Å². The highest BCUT2D eigenvalue weighted by atomic mass is 16.5. The zero-order valence-corrected chi connectivity index (χ0v) is 18.3. The van der Waals surface area contributed by atoms with Gasteiger partial charge in [0, 0.05) is 25.1 Å². The molecule has 158 valence electrons. The zero-order valence-electron chi connectivity index (χ0n) is 18.3. The van der Waals surface area contributed by atoms with Gasteiger partial charge in [-0.05, 0) is 25.7 Å². The highest BCUT2D eigenvalue weighted by Crippen LogP contribution is 2.17. The lowest BCUT2D eigenvalue weighted by molar-refractivity contribution is -0.140. The Hall–Kier alpha value is -1.52. The van der Waals surface area contributed by atoms with Crippen molar-refractivity contribution in [3.05, 3.63) is 35.9 Å². The summed E-state index contributed by atoms with van der Waals surface area (Å²) < 4.78 is 6.26. The fourth-order valence-electron chi connectivity index (χ4n) is 3.24. The van der Waals surface area contributed by atoms with Gasteiger partial charge in [0.1, 0.15) is 6.23 Å². The van der Waals surface area contributed by atoms with E-state index in [1.54, 1.807) is 12.1 Å². The maximum atomic E-state index is 13.1. The number of rotatable bonds is 16. The van der Waals surface area contributed by atoms with E-state index >= 15 is 0 Å². The van der Waals surface area contributed by atoms with Crippen LogP contribution in [0.5, 0.6) is 0 Å². The molecule has 0 bridgehead atoms. The molecule has 4 heteroatoms. The third-order valence-electron chi connectivity index (χ3n) is 5.01. The van der Waals surface area contributed by atoms with Gasteiger partial charge < -0.3 is 4.74 Å². The van der Waals surface area contributed by atoms with Crippen molar-refractivity contribution in [2.45, 2.75) is 91.4 Å². The van der Waals surface area contributed by atoms with Crippen molar-refractivity contribution < 1.29 is 14.3 Å². The first-order valence-electron chi connectivity index (χ1n) is 11.1. The van der Waals surface area contributed by atoms with E-state index in [2.05, 4.69) is 25.7 Å². The van der Waals surface area contributed by atoms with E-state index in [0.717, 1.165) is 58.0 Å². The van der Waals surface area contributed by atoms with Crippen LogP contribution in [-0.2, 0) is 9.53 Å². The standard InChI is InChI=1S/C24H39NO3/c1-5-9-17-21(26)24(23(27)20-15-13-12-14-16-20)28-22(8-4)25(18-10-6-2)19-11-7-3/h12-16,22,24H,5-11,17-19H2,1-4H3. The summed E-state index contributed by atoms with van der Waals surface area (Å²) in [6.45, 7) is 10.3. The molecule has 1 aromatic rings. The second kappa shape index (κ2) is 14.5. The molecule has 0 heterocycles. The number of ether oxygens (including phenoxy) is 1. The molecule has 2 atom stereocenters. The molecule has 0 aliphatic heterocycles. The summed E-state index contributed by atoms with van der Waals surface area (Å²) in [5, 5.41) is 0. The number of hydrogen-bond donors (Lipinski definition) is 0. The van der Waals surface area contributed by atoms with Gasteiger partial charge in [0.05, 0.1) is 0 Å². The van der Waals surface area contributed by atoms with Crippen LogP contribution >= 0.6 is 0 Å². The van der Waals surface area contributed by atoms with E-state index in [1.165, 1.54) is 0 Å². The van der Waals surface area contributed by atoms with Crippen LogP contribution < -0.4 is 0 Å². The number of Topliss-reactive ketones (excluding diaryl/α,β-unsaturated/α-hetero) is 2. The van der Waals surface area contributed by atoms with E-state index in [0.29, 0.717) is 12.0 Å². The van der Waals surface area contributed by atoms with Gasteiger partial charge in [0.2, 0.25) is 0 Å². The average Bonchev–Trinajstić information content (AvgIpc) is 2.73. The maximum absolute atomic E-state index is 13.1. The van der Waals surface area contributed by atoms with Gasteiger partial charge in [-0.25, -0.2) is 0 Å². The Morgan fingerprint density at radius 3 is 1.96 bits per heavy atom. The highest BCUT2D eigenvalue weighted by molar-refractivity contribution is 6.13. The smallest absolute Gasteiger partial charge is 0.199 e. The normalized spacial score (nSPS) is 13.5. The molecular weight excluding hydrogens is 350 g/mol. The van der Waals surface area contributed by atoms with Crippen LogP contribution in [0.3, 0.4) is 0 Å². The third kappa shape index (κ3) is 8.24. The summed E-state index contributed by atoms with van der Waals surface area (Å²) >= 11 is 0. The molecule has 0 saturated heterocycles. The van der Waals surface area contributed by atoms with E-state index in [9.17, 15) is 9.59 Å². The largest absolute Gasteiger partial charge is 0.344 e. The van der Waals surface area contributed by atoms with Crippen LogP contribution in [0, 0.1) is 0 Å². The molecule has 2 unspecified atom stereocenters. The average molecular weight is 390 g/mol. The van der Waals surface area contributed by atoms with E-state index in [-0.39, 0.29) is 17.8 Å². The minimum Gasteiger partial charge on any atom is -0.344 e. The number of unbranched alkanes of at least 4 members (excludes halogenated alkanes) is 3. The summed E-state index contributed by atoms with van der Waals surface area (Å²) in [4.78, 5) is 28.3. The Labute approximate surface area is 171 Å². The summed E-state index contributed by atoms with van der Waals surface area (Å²) in [6, 6.07) is 9.05. The first-order chi connectivity index (χ1) is 13.6. The van der Waals surface area contributed by atoms with Crippen LogP contribution in [0.1, 0.15) is 89.4 Å². The molecule has 0 aliphatic carbocycles. The molecule has 1 aromatic carbocycles. The molecule has 4 nitrogen and oxygen atoms in total. The van der Waals surface area contributed by atoms with Gasteiger partial charge >= 0.3 is 0 Å². The zero-order chi connectivity index (χ0) is 20.8. The van der Waals surface area contributed by atoms with Gasteiger partial charge in [0.25, 0.3) is 0 Å². The molecule has 0 N–H and O–H groups in total. The van der Waals surface area contributed by atoms with E-state index in [4.69, 9.17) is 4.74 Å². The summed E-state index contributed by atoms with van der Waals surface area (Å²) in [5.74, 6) is -0.314. The van der Waals surface area contributed by atoms with Gasteiger partial charge in [0.15, 0.2) is 17.7 Å². The molecule has 28 heavy (non-hydrogen) atoms. The Kier molecular flexibility index (Phi) is 12.7. The quantitative estimate of drug-likeness (QED) is 0.208. The van der Waals surface area contributed by atoms with Crippen molar-refractivity contribution in [1.82, 2.24) is 4.90 Å². The van der Waals surface area contributed by atoms with Crippen molar-refractivity contribution in [3.63, 3.8) is 0 Å². The van der Waals surface area contributed by atoms with Gasteiger partial charge in [-0.15, -0.1) is 0 Å². The molecule has 0 amide bonds. The molecule has 0 radical (unpaired) electrons. The molecule has 0 fully saturated rings. The molecular formula is C24H39NO3. The SMILES string of the molecule is CCCCC(=O)C(OC(CC)N(CCCC)CCCC)C(=O)c1ccccc1. The second-order valence-electron chi connectivity index (χ2n) is 7.42. The Bertz CT molecular complexity index is 550. The summed E-state index contributed by atoms with van der Waals surface area (Å²) in [6.07, 6.45) is 6.04. The first kappa shape index (κ1) is 24.5. The van der Waals surface area contributed by atoms with Gasteiger partial charge in [-0.3, -0.25) is 14.5 Å². The third-order valence-corrected chi connectivity index (χ3v) is 5.01. The van der Waals surface area contributed by atoms with Crippen molar-refractivity contribution >= 4 is 11.6 Å². The predicted molar refractivity (Wildman–Crippen MR) is 116 cm³/mol. The number of nitrogens with zero attached hydrogens (tertiary/aromatic N) is 1. The van der Waals surface area contributed by atoms with Gasteiger partial charge in [-0.2, -0.15) is 0 Å². The maximum Gasteiger partial charge on any atom is 0.199 e. The van der Waals surface area contributed by atoms with Crippen molar-refractivity contribution in [2.24, 2.45) is 0 Å².